The molecule has 0 amide bonds. The van der Waals surface area contributed by atoms with Gasteiger partial charge < -0.3 is 10.5 Å². The van der Waals surface area contributed by atoms with Crippen LogP contribution in [0.2, 0.25) is 0 Å². The second-order valence-corrected chi connectivity index (χ2v) is 5.75. The van der Waals surface area contributed by atoms with Gasteiger partial charge in [-0.3, -0.25) is 0 Å². The van der Waals surface area contributed by atoms with E-state index in [4.69, 9.17) is 10.5 Å². The van der Waals surface area contributed by atoms with E-state index in [1.54, 1.807) is 0 Å². The molecule has 124 valence electrons. The molecule has 2 aromatic carbocycles. The quantitative estimate of drug-likeness (QED) is 0.753. The van der Waals surface area contributed by atoms with E-state index in [2.05, 4.69) is 35.4 Å². The van der Waals surface area contributed by atoms with Gasteiger partial charge in [-0.2, -0.15) is 5.10 Å². The fourth-order valence-electron chi connectivity index (χ4n) is 2.96. The van der Waals surface area contributed by atoms with Gasteiger partial charge in [0.05, 0.1) is 23.7 Å². The molecule has 0 saturated heterocycles. The Labute approximate surface area is 142 Å². The van der Waals surface area contributed by atoms with Crippen LogP contribution in [0.4, 0.5) is 0 Å². The van der Waals surface area contributed by atoms with E-state index in [9.17, 15) is 0 Å². The van der Waals surface area contributed by atoms with Crippen LogP contribution >= 0.6 is 0 Å². The number of ether oxygens (including phenoxy) is 1. The molecule has 0 aliphatic rings. The van der Waals surface area contributed by atoms with Gasteiger partial charge in [-0.1, -0.05) is 30.3 Å². The minimum Gasteiger partial charge on any atom is -0.494 e. The lowest BCUT2D eigenvalue weighted by Gasteiger charge is -2.18. The van der Waals surface area contributed by atoms with E-state index in [-0.39, 0.29) is 5.92 Å². The molecule has 0 saturated carbocycles. The predicted molar refractivity (Wildman–Crippen MR) is 96.8 cm³/mol. The third kappa shape index (κ3) is 3.34. The number of aromatic nitrogens is 2. The number of rotatable bonds is 6. The molecule has 4 heteroatoms. The van der Waals surface area contributed by atoms with Gasteiger partial charge in [0, 0.05) is 12.5 Å². The van der Waals surface area contributed by atoms with E-state index >= 15 is 0 Å². The van der Waals surface area contributed by atoms with Gasteiger partial charge >= 0.3 is 0 Å². The highest BCUT2D eigenvalue weighted by Crippen LogP contribution is 2.28. The third-order valence-corrected chi connectivity index (χ3v) is 4.02. The van der Waals surface area contributed by atoms with Crippen LogP contribution in [0.15, 0.2) is 60.7 Å². The van der Waals surface area contributed by atoms with Crippen molar-refractivity contribution in [2.24, 2.45) is 5.73 Å². The molecule has 24 heavy (non-hydrogen) atoms. The lowest BCUT2D eigenvalue weighted by Crippen LogP contribution is -2.17. The highest BCUT2D eigenvalue weighted by molar-refractivity contribution is 5.40. The van der Waals surface area contributed by atoms with Crippen LogP contribution in [0.1, 0.15) is 29.8 Å². The average molecular weight is 321 g/mol. The molecule has 0 aliphatic heterocycles. The van der Waals surface area contributed by atoms with Crippen LogP contribution in [0.3, 0.4) is 0 Å². The maximum absolute atomic E-state index is 6.14. The van der Waals surface area contributed by atoms with E-state index in [1.807, 2.05) is 48.9 Å². The molecule has 0 spiro atoms. The minimum atomic E-state index is 0.0619. The summed E-state index contributed by atoms with van der Waals surface area (Å²) in [5, 5.41) is 4.66. The normalized spacial score (nSPS) is 12.1. The van der Waals surface area contributed by atoms with Crippen molar-refractivity contribution in [3.05, 3.63) is 77.6 Å². The van der Waals surface area contributed by atoms with Crippen molar-refractivity contribution in [1.82, 2.24) is 9.78 Å². The Hall–Kier alpha value is -2.59. The number of para-hydroxylation sites is 1. The zero-order valence-electron chi connectivity index (χ0n) is 14.1. The summed E-state index contributed by atoms with van der Waals surface area (Å²) >= 11 is 0. The SMILES string of the molecule is CCOc1cccc(C(CN)c2cc(C)nn2-c2ccccc2)c1. The maximum atomic E-state index is 6.14. The summed E-state index contributed by atoms with van der Waals surface area (Å²) in [6.07, 6.45) is 0. The lowest BCUT2D eigenvalue weighted by atomic mass is 9.95. The summed E-state index contributed by atoms with van der Waals surface area (Å²) in [6.45, 7) is 5.15. The number of nitrogens with zero attached hydrogens (tertiary/aromatic N) is 2. The van der Waals surface area contributed by atoms with Crippen LogP contribution in [0.25, 0.3) is 5.69 Å². The zero-order valence-corrected chi connectivity index (χ0v) is 14.1. The van der Waals surface area contributed by atoms with Gasteiger partial charge in [0.15, 0.2) is 0 Å². The van der Waals surface area contributed by atoms with Gasteiger partial charge in [-0.15, -0.1) is 0 Å². The first-order valence-electron chi connectivity index (χ1n) is 8.27. The zero-order chi connectivity index (χ0) is 16.9. The molecule has 1 heterocycles. The number of aryl methyl sites for hydroxylation is 1. The van der Waals surface area contributed by atoms with Crippen LogP contribution in [-0.4, -0.2) is 22.9 Å². The summed E-state index contributed by atoms with van der Waals surface area (Å²) in [5.74, 6) is 0.933. The van der Waals surface area contributed by atoms with E-state index < -0.39 is 0 Å². The van der Waals surface area contributed by atoms with Crippen molar-refractivity contribution in [1.29, 1.82) is 0 Å². The van der Waals surface area contributed by atoms with E-state index in [1.165, 1.54) is 0 Å². The number of nitrogens with two attached hydrogens (primary N) is 1. The molecule has 2 N–H and O–H groups in total. The molecule has 0 aliphatic carbocycles. The molecule has 0 fully saturated rings. The largest absolute Gasteiger partial charge is 0.494 e. The van der Waals surface area contributed by atoms with Crippen molar-refractivity contribution in [3.63, 3.8) is 0 Å². The summed E-state index contributed by atoms with van der Waals surface area (Å²) in [5.41, 5.74) is 10.4. The van der Waals surface area contributed by atoms with Gasteiger partial charge in [-0.25, -0.2) is 4.68 Å². The van der Waals surface area contributed by atoms with Gasteiger partial charge in [0.1, 0.15) is 5.75 Å². The number of benzene rings is 2. The molecule has 4 nitrogen and oxygen atoms in total. The Morgan fingerprint density at radius 2 is 1.88 bits per heavy atom. The average Bonchev–Trinajstić information content (AvgIpc) is 2.99. The molecule has 1 aromatic heterocycles. The molecule has 1 unspecified atom stereocenters. The monoisotopic (exact) mass is 321 g/mol. The molecule has 3 aromatic rings. The third-order valence-electron chi connectivity index (χ3n) is 4.02. The van der Waals surface area contributed by atoms with Crippen molar-refractivity contribution >= 4 is 0 Å². The van der Waals surface area contributed by atoms with Crippen LogP contribution in [0.5, 0.6) is 5.75 Å². The minimum absolute atomic E-state index is 0.0619. The highest BCUT2D eigenvalue weighted by atomic mass is 16.5. The van der Waals surface area contributed by atoms with Crippen molar-refractivity contribution in [2.75, 3.05) is 13.2 Å². The molecular weight excluding hydrogens is 298 g/mol. The Morgan fingerprint density at radius 3 is 2.58 bits per heavy atom. The van der Waals surface area contributed by atoms with Crippen LogP contribution in [0, 0.1) is 6.92 Å². The Balaban J connectivity index is 2.05. The molecular formula is C20H23N3O. The lowest BCUT2D eigenvalue weighted by molar-refractivity contribution is 0.340. The summed E-state index contributed by atoms with van der Waals surface area (Å²) in [7, 11) is 0. The number of hydrogen-bond acceptors (Lipinski definition) is 3. The van der Waals surface area contributed by atoms with Gasteiger partial charge in [0.25, 0.3) is 0 Å². The second kappa shape index (κ2) is 7.32. The van der Waals surface area contributed by atoms with E-state index in [0.717, 1.165) is 28.4 Å². The van der Waals surface area contributed by atoms with Crippen molar-refractivity contribution in [2.45, 2.75) is 19.8 Å². The summed E-state index contributed by atoms with van der Waals surface area (Å²) in [4.78, 5) is 0. The van der Waals surface area contributed by atoms with Crippen LogP contribution < -0.4 is 10.5 Å². The topological polar surface area (TPSA) is 53.1 Å². The Bertz CT molecular complexity index is 796. The van der Waals surface area contributed by atoms with Gasteiger partial charge in [-0.05, 0) is 49.7 Å². The van der Waals surface area contributed by atoms with E-state index in [0.29, 0.717) is 13.2 Å². The Kier molecular flexibility index (Phi) is 4.96. The molecule has 3 rings (SSSR count). The predicted octanol–water partition coefficient (Wildman–Crippen LogP) is 3.67. The van der Waals surface area contributed by atoms with Crippen molar-refractivity contribution in [3.8, 4) is 11.4 Å². The first-order chi connectivity index (χ1) is 11.7. The molecule has 0 radical (unpaired) electrons. The summed E-state index contributed by atoms with van der Waals surface area (Å²) < 4.78 is 7.62. The molecule has 1 atom stereocenters. The first-order valence-corrected chi connectivity index (χ1v) is 8.27. The van der Waals surface area contributed by atoms with Crippen molar-refractivity contribution < 1.29 is 4.74 Å². The maximum Gasteiger partial charge on any atom is 0.119 e. The Morgan fingerprint density at radius 1 is 1.08 bits per heavy atom. The van der Waals surface area contributed by atoms with Crippen LogP contribution in [-0.2, 0) is 0 Å². The summed E-state index contributed by atoms with van der Waals surface area (Å²) in [6, 6.07) is 20.4. The fraction of sp³-hybridized carbons (Fsp3) is 0.250. The second-order valence-electron chi connectivity index (χ2n) is 5.75. The standard InChI is InChI=1S/C20H23N3O/c1-3-24-18-11-7-8-16(13-18)19(14-21)20-12-15(2)22-23(20)17-9-5-4-6-10-17/h4-13,19H,3,14,21H2,1-2H3. The first kappa shape index (κ1) is 16.3. The smallest absolute Gasteiger partial charge is 0.119 e. The van der Waals surface area contributed by atoms with Gasteiger partial charge in [0.2, 0.25) is 0 Å². The highest BCUT2D eigenvalue weighted by Gasteiger charge is 2.19. The molecule has 0 bridgehead atoms. The fourth-order valence-corrected chi connectivity index (χ4v) is 2.96. The number of hydrogen-bond donors (Lipinski definition) is 1.